The SMILES string of the molecule is OC(c1ccc(C(F)(F)F)cc1)[SH]1C(C2CC2)=Nc2cncn21. The van der Waals surface area contributed by atoms with Crippen LogP contribution in [-0.4, -0.2) is 19.1 Å². The number of aliphatic imine (C=N–C) groups is 1. The van der Waals surface area contributed by atoms with Gasteiger partial charge in [0.25, 0.3) is 0 Å². The first-order valence-corrected chi connectivity index (χ1v) is 8.57. The molecule has 122 valence electrons. The Kier molecular flexibility index (Phi) is 3.28. The molecule has 1 saturated carbocycles. The number of nitrogens with zero attached hydrogens (tertiary/aromatic N) is 3. The van der Waals surface area contributed by atoms with Crippen molar-refractivity contribution >= 4 is 21.9 Å². The molecule has 1 aliphatic carbocycles. The van der Waals surface area contributed by atoms with Gasteiger partial charge in [0.1, 0.15) is 11.8 Å². The largest absolute Gasteiger partial charge is 0.416 e. The predicted molar refractivity (Wildman–Crippen MR) is 82.8 cm³/mol. The minimum absolute atomic E-state index is 0.380. The number of imidazole rings is 1. The van der Waals surface area contributed by atoms with Crippen molar-refractivity contribution < 1.29 is 18.3 Å². The molecule has 0 radical (unpaired) electrons. The van der Waals surface area contributed by atoms with Gasteiger partial charge in [-0.1, -0.05) is 23.2 Å². The second-order valence-electron chi connectivity index (χ2n) is 5.68. The molecular formula is C15H14F3N3OS. The van der Waals surface area contributed by atoms with Crippen LogP contribution in [0, 0.1) is 5.92 Å². The average molecular weight is 341 g/mol. The minimum atomic E-state index is -4.37. The first kappa shape index (κ1) is 14.8. The van der Waals surface area contributed by atoms with E-state index in [0.717, 1.165) is 30.0 Å². The molecule has 2 aromatic rings. The van der Waals surface area contributed by atoms with Crippen LogP contribution in [0.25, 0.3) is 0 Å². The van der Waals surface area contributed by atoms with Gasteiger partial charge in [-0.05, 0) is 30.5 Å². The van der Waals surface area contributed by atoms with Crippen LogP contribution in [-0.2, 0) is 6.18 Å². The first-order chi connectivity index (χ1) is 10.9. The summed E-state index contributed by atoms with van der Waals surface area (Å²) in [4.78, 5) is 8.61. The lowest BCUT2D eigenvalue weighted by Gasteiger charge is -2.26. The van der Waals surface area contributed by atoms with E-state index in [0.29, 0.717) is 17.3 Å². The summed E-state index contributed by atoms with van der Waals surface area (Å²) in [5, 5.41) is 11.7. The summed E-state index contributed by atoms with van der Waals surface area (Å²) in [6.07, 6.45) is 1.00. The number of alkyl halides is 3. The van der Waals surface area contributed by atoms with Crippen LogP contribution < -0.4 is 0 Å². The molecule has 8 heteroatoms. The lowest BCUT2D eigenvalue weighted by Crippen LogP contribution is -2.12. The highest BCUT2D eigenvalue weighted by Gasteiger charge is 2.39. The Morgan fingerprint density at radius 3 is 2.52 bits per heavy atom. The molecule has 1 fully saturated rings. The van der Waals surface area contributed by atoms with E-state index in [1.54, 1.807) is 12.5 Å². The highest BCUT2D eigenvalue weighted by atomic mass is 32.2. The number of halogens is 3. The molecule has 1 aromatic carbocycles. The number of hydrogen-bond acceptors (Lipinski definition) is 3. The van der Waals surface area contributed by atoms with Crippen molar-refractivity contribution in [3.8, 4) is 0 Å². The molecule has 4 rings (SSSR count). The van der Waals surface area contributed by atoms with Crippen molar-refractivity contribution in [1.82, 2.24) is 8.96 Å². The zero-order valence-corrected chi connectivity index (χ0v) is 12.8. The molecule has 0 bridgehead atoms. The van der Waals surface area contributed by atoms with E-state index in [1.807, 2.05) is 3.97 Å². The highest BCUT2D eigenvalue weighted by Crippen LogP contribution is 2.56. The van der Waals surface area contributed by atoms with E-state index >= 15 is 0 Å². The fraction of sp³-hybridized carbons (Fsp3) is 0.333. The van der Waals surface area contributed by atoms with Gasteiger partial charge >= 0.3 is 6.18 Å². The monoisotopic (exact) mass is 341 g/mol. The van der Waals surface area contributed by atoms with Gasteiger partial charge < -0.3 is 5.11 Å². The lowest BCUT2D eigenvalue weighted by atomic mass is 10.1. The summed E-state index contributed by atoms with van der Waals surface area (Å²) in [5.41, 5.74) is -1.13. The summed E-state index contributed by atoms with van der Waals surface area (Å²) in [6.45, 7) is 0. The number of hydrogen-bond donors (Lipinski definition) is 2. The second-order valence-corrected chi connectivity index (χ2v) is 7.75. The van der Waals surface area contributed by atoms with E-state index in [1.165, 1.54) is 12.1 Å². The quantitative estimate of drug-likeness (QED) is 0.834. The molecule has 0 amide bonds. The zero-order valence-electron chi connectivity index (χ0n) is 11.9. The first-order valence-electron chi connectivity index (χ1n) is 7.21. The van der Waals surface area contributed by atoms with Crippen molar-refractivity contribution in [2.75, 3.05) is 0 Å². The Morgan fingerprint density at radius 2 is 1.91 bits per heavy atom. The predicted octanol–water partition coefficient (Wildman–Crippen LogP) is 3.81. The highest BCUT2D eigenvalue weighted by molar-refractivity contribution is 8.29. The van der Waals surface area contributed by atoms with E-state index in [4.69, 9.17) is 0 Å². The summed E-state index contributed by atoms with van der Waals surface area (Å²) < 4.78 is 39.8. The van der Waals surface area contributed by atoms with Crippen LogP contribution in [0.5, 0.6) is 0 Å². The Hall–Kier alpha value is -1.80. The molecule has 0 spiro atoms. The molecular weight excluding hydrogens is 327 g/mol. The molecule has 2 heterocycles. The van der Waals surface area contributed by atoms with Crippen molar-refractivity contribution in [2.45, 2.75) is 24.5 Å². The third-order valence-corrected chi connectivity index (χ3v) is 6.48. The van der Waals surface area contributed by atoms with Crippen LogP contribution in [0.4, 0.5) is 19.0 Å². The van der Waals surface area contributed by atoms with Gasteiger partial charge in [0, 0.05) is 5.92 Å². The zero-order chi connectivity index (χ0) is 16.2. The molecule has 4 nitrogen and oxygen atoms in total. The van der Waals surface area contributed by atoms with Crippen LogP contribution in [0.2, 0.25) is 0 Å². The van der Waals surface area contributed by atoms with Crippen molar-refractivity contribution in [2.24, 2.45) is 10.9 Å². The van der Waals surface area contributed by atoms with Gasteiger partial charge in [0.05, 0.1) is 16.8 Å². The maximum atomic E-state index is 12.7. The number of aromatic nitrogens is 2. The van der Waals surface area contributed by atoms with Crippen LogP contribution in [0.15, 0.2) is 41.8 Å². The van der Waals surface area contributed by atoms with E-state index in [-0.39, 0.29) is 0 Å². The standard InChI is InChI=1S/C15H14F3N3OS/c16-15(17,18)11-5-3-10(4-6-11)14(22)23-13(9-1-2-9)20-12-7-19-8-21(12)23/h3-9,14,22-23H,1-2H2. The maximum Gasteiger partial charge on any atom is 0.416 e. The summed E-state index contributed by atoms with van der Waals surface area (Å²) in [5.74, 6) is 1.09. The average Bonchev–Trinajstić information content (AvgIpc) is 3.15. The molecule has 1 aliphatic heterocycles. The molecule has 2 aliphatic rings. The Balaban J connectivity index is 1.66. The molecule has 1 N–H and O–H groups in total. The van der Waals surface area contributed by atoms with Gasteiger partial charge in [0.2, 0.25) is 0 Å². The normalized spacial score (nSPS) is 23.5. The lowest BCUT2D eigenvalue weighted by molar-refractivity contribution is -0.137. The molecule has 2 unspecified atom stereocenters. The Labute approximate surface area is 133 Å². The minimum Gasteiger partial charge on any atom is -0.378 e. The number of benzene rings is 1. The maximum absolute atomic E-state index is 12.7. The van der Waals surface area contributed by atoms with Gasteiger partial charge in [-0.25, -0.2) is 9.98 Å². The van der Waals surface area contributed by atoms with Gasteiger partial charge in [-0.2, -0.15) is 13.2 Å². The topological polar surface area (TPSA) is 50.4 Å². The number of aliphatic hydroxyl groups is 1. The number of fused-ring (bicyclic) bond motifs is 1. The van der Waals surface area contributed by atoms with Gasteiger partial charge in [-0.3, -0.25) is 3.97 Å². The molecule has 1 aromatic heterocycles. The van der Waals surface area contributed by atoms with E-state index in [9.17, 15) is 18.3 Å². The van der Waals surface area contributed by atoms with Crippen LogP contribution in [0.1, 0.15) is 29.4 Å². The van der Waals surface area contributed by atoms with Crippen molar-refractivity contribution in [1.29, 1.82) is 0 Å². The second kappa shape index (κ2) is 5.10. The molecule has 23 heavy (non-hydrogen) atoms. The van der Waals surface area contributed by atoms with Crippen molar-refractivity contribution in [3.63, 3.8) is 0 Å². The number of thiol groups is 1. The number of rotatable bonds is 3. The molecule has 2 atom stereocenters. The number of aliphatic hydroxyl groups excluding tert-OH is 1. The fourth-order valence-electron chi connectivity index (χ4n) is 2.65. The Morgan fingerprint density at radius 1 is 1.22 bits per heavy atom. The van der Waals surface area contributed by atoms with Gasteiger partial charge in [0.15, 0.2) is 5.82 Å². The van der Waals surface area contributed by atoms with Gasteiger partial charge in [-0.15, -0.1) is 0 Å². The summed E-state index contributed by atoms with van der Waals surface area (Å²) >= 11 is -1.16. The van der Waals surface area contributed by atoms with E-state index < -0.39 is 28.3 Å². The third kappa shape index (κ3) is 2.55. The van der Waals surface area contributed by atoms with E-state index in [2.05, 4.69) is 9.98 Å². The fourth-order valence-corrected chi connectivity index (χ4v) is 5.14. The Bertz CT molecular complexity index is 765. The summed E-state index contributed by atoms with van der Waals surface area (Å²) in [6, 6.07) is 4.70. The smallest absolute Gasteiger partial charge is 0.378 e. The molecule has 0 saturated heterocycles. The third-order valence-electron chi connectivity index (χ3n) is 4.01. The van der Waals surface area contributed by atoms with Crippen molar-refractivity contribution in [3.05, 3.63) is 47.9 Å². The summed E-state index contributed by atoms with van der Waals surface area (Å²) in [7, 11) is 0. The van der Waals surface area contributed by atoms with Crippen LogP contribution in [0.3, 0.4) is 0 Å². The van der Waals surface area contributed by atoms with Crippen LogP contribution >= 0.6 is 11.1 Å².